The van der Waals surface area contributed by atoms with E-state index in [1.165, 1.54) is 44.1 Å². The molecule has 1 nitrogen and oxygen atoms in total. The van der Waals surface area contributed by atoms with E-state index in [9.17, 15) is 0 Å². The molecule has 0 saturated heterocycles. The first kappa shape index (κ1) is 13.2. The Morgan fingerprint density at radius 2 is 1.56 bits per heavy atom. The third kappa shape index (κ3) is 6.62. The summed E-state index contributed by atoms with van der Waals surface area (Å²) in [6, 6.07) is 10.8. The average molecular weight is 220 g/mol. The van der Waals surface area contributed by atoms with E-state index in [4.69, 9.17) is 4.74 Å². The van der Waals surface area contributed by atoms with Crippen molar-refractivity contribution >= 4 is 0 Å². The maximum absolute atomic E-state index is 5.31. The van der Waals surface area contributed by atoms with Crippen molar-refractivity contribution in [2.75, 3.05) is 13.2 Å². The lowest BCUT2D eigenvalue weighted by Crippen LogP contribution is -1.93. The zero-order chi connectivity index (χ0) is 11.5. The number of benzene rings is 1. The third-order valence-corrected chi connectivity index (χ3v) is 2.80. The molecule has 0 saturated carbocycles. The van der Waals surface area contributed by atoms with Crippen LogP contribution in [0.5, 0.6) is 0 Å². The third-order valence-electron chi connectivity index (χ3n) is 2.80. The number of ether oxygens (including phenoxy) is 1. The molecule has 0 bridgehead atoms. The minimum atomic E-state index is 0.855. The second kappa shape index (κ2) is 9.41. The quantitative estimate of drug-likeness (QED) is 0.566. The summed E-state index contributed by atoms with van der Waals surface area (Å²) in [5.74, 6) is 0. The molecule has 1 heteroatoms. The largest absolute Gasteiger partial charge is 0.382 e. The maximum atomic E-state index is 5.31. The van der Waals surface area contributed by atoms with E-state index in [0.29, 0.717) is 0 Å². The molecule has 0 heterocycles. The maximum Gasteiger partial charge on any atom is 0.0465 e. The van der Waals surface area contributed by atoms with Crippen LogP contribution < -0.4 is 0 Å². The smallest absolute Gasteiger partial charge is 0.0465 e. The Hall–Kier alpha value is -0.820. The van der Waals surface area contributed by atoms with Gasteiger partial charge in [-0.2, -0.15) is 0 Å². The van der Waals surface area contributed by atoms with Crippen molar-refractivity contribution in [2.24, 2.45) is 0 Å². The second-order valence-corrected chi connectivity index (χ2v) is 4.20. The Labute approximate surface area is 99.8 Å². The van der Waals surface area contributed by atoms with Crippen LogP contribution in [0, 0.1) is 0 Å². The molecular formula is C15H24O. The Morgan fingerprint density at radius 3 is 2.31 bits per heavy atom. The molecule has 0 amide bonds. The molecule has 0 aliphatic carbocycles. The van der Waals surface area contributed by atoms with Crippen LogP contribution in [0.3, 0.4) is 0 Å². The van der Waals surface area contributed by atoms with Gasteiger partial charge in [0.25, 0.3) is 0 Å². The van der Waals surface area contributed by atoms with Gasteiger partial charge in [-0.1, -0.05) is 49.6 Å². The summed E-state index contributed by atoms with van der Waals surface area (Å²) in [6.07, 6.45) is 7.78. The van der Waals surface area contributed by atoms with Crippen LogP contribution in [0.25, 0.3) is 0 Å². The summed E-state index contributed by atoms with van der Waals surface area (Å²) >= 11 is 0. The van der Waals surface area contributed by atoms with E-state index in [1.54, 1.807) is 0 Å². The number of unbranched alkanes of at least 4 members (excludes halogenated alkanes) is 4. The standard InChI is InChI=1S/C15H24O/c1-2-16-14-10-5-3-4-7-11-15-12-8-6-9-13-15/h6,8-9,12-13H,2-5,7,10-11,14H2,1H3. The van der Waals surface area contributed by atoms with Crippen molar-refractivity contribution in [2.45, 2.75) is 45.4 Å². The normalized spacial score (nSPS) is 10.6. The van der Waals surface area contributed by atoms with Crippen molar-refractivity contribution in [1.29, 1.82) is 0 Å². The Bertz CT molecular complexity index is 243. The van der Waals surface area contributed by atoms with Gasteiger partial charge in [-0.25, -0.2) is 0 Å². The van der Waals surface area contributed by atoms with Crippen LogP contribution >= 0.6 is 0 Å². The van der Waals surface area contributed by atoms with Crippen LogP contribution in [0.4, 0.5) is 0 Å². The summed E-state index contributed by atoms with van der Waals surface area (Å²) in [7, 11) is 0. The lowest BCUT2D eigenvalue weighted by molar-refractivity contribution is 0.143. The summed E-state index contributed by atoms with van der Waals surface area (Å²) in [5.41, 5.74) is 1.47. The highest BCUT2D eigenvalue weighted by molar-refractivity contribution is 5.14. The highest BCUT2D eigenvalue weighted by atomic mass is 16.5. The van der Waals surface area contributed by atoms with Gasteiger partial charge in [-0.15, -0.1) is 0 Å². The van der Waals surface area contributed by atoms with E-state index in [1.807, 2.05) is 0 Å². The number of hydrogen-bond donors (Lipinski definition) is 0. The SMILES string of the molecule is CCOCCCCCCCc1ccccc1. The topological polar surface area (TPSA) is 9.23 Å². The van der Waals surface area contributed by atoms with Gasteiger partial charge in [-0.05, 0) is 31.7 Å². The molecule has 0 radical (unpaired) electrons. The fourth-order valence-electron chi connectivity index (χ4n) is 1.85. The monoisotopic (exact) mass is 220 g/mol. The average Bonchev–Trinajstić information content (AvgIpc) is 2.34. The van der Waals surface area contributed by atoms with Crippen LogP contribution in [0.1, 0.15) is 44.6 Å². The summed E-state index contributed by atoms with van der Waals surface area (Å²) < 4.78 is 5.31. The van der Waals surface area contributed by atoms with Gasteiger partial charge >= 0.3 is 0 Å². The van der Waals surface area contributed by atoms with Gasteiger partial charge in [0.05, 0.1) is 0 Å². The first-order chi connectivity index (χ1) is 7.93. The van der Waals surface area contributed by atoms with Crippen molar-refractivity contribution in [3.63, 3.8) is 0 Å². The Balaban J connectivity index is 1.89. The molecule has 90 valence electrons. The summed E-state index contributed by atoms with van der Waals surface area (Å²) in [6.45, 7) is 3.85. The molecule has 0 spiro atoms. The van der Waals surface area contributed by atoms with Crippen molar-refractivity contribution in [3.8, 4) is 0 Å². The molecule has 0 fully saturated rings. The van der Waals surface area contributed by atoms with Crippen LogP contribution in [-0.2, 0) is 11.2 Å². The van der Waals surface area contributed by atoms with E-state index in [2.05, 4.69) is 37.3 Å². The molecule has 0 aliphatic rings. The van der Waals surface area contributed by atoms with E-state index >= 15 is 0 Å². The zero-order valence-corrected chi connectivity index (χ0v) is 10.5. The van der Waals surface area contributed by atoms with Crippen molar-refractivity contribution in [1.82, 2.24) is 0 Å². The minimum absolute atomic E-state index is 0.855. The predicted octanol–water partition coefficient (Wildman–Crippen LogP) is 4.22. The van der Waals surface area contributed by atoms with Gasteiger partial charge in [0.2, 0.25) is 0 Å². The number of hydrogen-bond acceptors (Lipinski definition) is 1. The van der Waals surface area contributed by atoms with Gasteiger partial charge in [0, 0.05) is 13.2 Å². The van der Waals surface area contributed by atoms with Gasteiger partial charge in [-0.3, -0.25) is 0 Å². The highest BCUT2D eigenvalue weighted by Crippen LogP contribution is 2.08. The zero-order valence-electron chi connectivity index (χ0n) is 10.5. The molecule has 0 aliphatic heterocycles. The van der Waals surface area contributed by atoms with Gasteiger partial charge in [0.1, 0.15) is 0 Å². The fourth-order valence-corrected chi connectivity index (χ4v) is 1.85. The molecule has 0 atom stereocenters. The summed E-state index contributed by atoms with van der Waals surface area (Å²) in [5, 5.41) is 0. The lowest BCUT2D eigenvalue weighted by Gasteiger charge is -2.02. The molecule has 0 unspecified atom stereocenters. The van der Waals surface area contributed by atoms with E-state index in [-0.39, 0.29) is 0 Å². The summed E-state index contributed by atoms with van der Waals surface area (Å²) in [4.78, 5) is 0. The lowest BCUT2D eigenvalue weighted by atomic mass is 10.1. The first-order valence-corrected chi connectivity index (χ1v) is 6.55. The minimum Gasteiger partial charge on any atom is -0.382 e. The first-order valence-electron chi connectivity index (χ1n) is 6.55. The molecular weight excluding hydrogens is 196 g/mol. The molecule has 1 aromatic carbocycles. The number of rotatable bonds is 9. The molecule has 0 aromatic heterocycles. The predicted molar refractivity (Wildman–Crippen MR) is 69.7 cm³/mol. The number of aryl methyl sites for hydroxylation is 1. The van der Waals surface area contributed by atoms with Gasteiger partial charge in [0.15, 0.2) is 0 Å². The van der Waals surface area contributed by atoms with E-state index in [0.717, 1.165) is 13.2 Å². The van der Waals surface area contributed by atoms with Gasteiger partial charge < -0.3 is 4.74 Å². The second-order valence-electron chi connectivity index (χ2n) is 4.20. The molecule has 16 heavy (non-hydrogen) atoms. The Morgan fingerprint density at radius 1 is 0.875 bits per heavy atom. The van der Waals surface area contributed by atoms with E-state index < -0.39 is 0 Å². The van der Waals surface area contributed by atoms with Crippen LogP contribution in [0.2, 0.25) is 0 Å². The Kier molecular flexibility index (Phi) is 7.79. The van der Waals surface area contributed by atoms with Crippen molar-refractivity contribution in [3.05, 3.63) is 35.9 Å². The van der Waals surface area contributed by atoms with Crippen LogP contribution in [0.15, 0.2) is 30.3 Å². The molecule has 0 N–H and O–H groups in total. The molecule has 1 rings (SSSR count). The van der Waals surface area contributed by atoms with Crippen molar-refractivity contribution < 1.29 is 4.74 Å². The van der Waals surface area contributed by atoms with Crippen LogP contribution in [-0.4, -0.2) is 13.2 Å². The highest BCUT2D eigenvalue weighted by Gasteiger charge is 1.93. The fraction of sp³-hybridized carbons (Fsp3) is 0.600. The molecule has 1 aromatic rings.